The second-order valence-electron chi connectivity index (χ2n) is 13.7. The molecule has 0 aliphatic heterocycles. The van der Waals surface area contributed by atoms with Gasteiger partial charge in [0, 0.05) is 0 Å². The Kier molecular flexibility index (Phi) is 7.25. The maximum atomic E-state index is 2.37. The first kappa shape index (κ1) is 30.1. The quantitative estimate of drug-likeness (QED) is 0.161. The molecule has 0 saturated carbocycles. The fourth-order valence-electron chi connectivity index (χ4n) is 8.05. The van der Waals surface area contributed by atoms with E-state index in [0.717, 1.165) is 0 Å². The third-order valence-electron chi connectivity index (χ3n) is 10.6. The van der Waals surface area contributed by atoms with Crippen molar-refractivity contribution in [2.24, 2.45) is 0 Å². The third kappa shape index (κ3) is 5.25. The standard InChI is InChI=1S/C52H34/c1-3-12-35(13-4-1)38-22-24-42-32-40(26-27-41(42)30-38)37-16-11-17-45(33-37)51-47-18-7-9-20-49(47)52(50-21-10-8-19-48(50)51)46-29-28-43-31-39(23-25-44(43)34-46)36-14-5-2-6-15-36/h1-34H. The lowest BCUT2D eigenvalue weighted by Crippen LogP contribution is -1.91. The van der Waals surface area contributed by atoms with Gasteiger partial charge < -0.3 is 0 Å². The topological polar surface area (TPSA) is 0 Å². The molecule has 0 atom stereocenters. The van der Waals surface area contributed by atoms with E-state index in [1.165, 1.54) is 98.7 Å². The van der Waals surface area contributed by atoms with Gasteiger partial charge in [-0.05, 0) is 129 Å². The van der Waals surface area contributed by atoms with E-state index in [0.29, 0.717) is 0 Å². The van der Waals surface area contributed by atoms with Crippen molar-refractivity contribution in [3.8, 4) is 55.6 Å². The van der Waals surface area contributed by atoms with E-state index in [9.17, 15) is 0 Å². The second kappa shape index (κ2) is 12.5. The monoisotopic (exact) mass is 658 g/mol. The summed E-state index contributed by atoms with van der Waals surface area (Å²) >= 11 is 0. The van der Waals surface area contributed by atoms with Gasteiger partial charge in [-0.3, -0.25) is 0 Å². The summed E-state index contributed by atoms with van der Waals surface area (Å²) < 4.78 is 0. The Labute approximate surface area is 303 Å². The van der Waals surface area contributed by atoms with Crippen molar-refractivity contribution in [1.82, 2.24) is 0 Å². The summed E-state index contributed by atoms with van der Waals surface area (Å²) in [5, 5.41) is 10.0. The largest absolute Gasteiger partial charge is 0.0622 e. The molecule has 0 heteroatoms. The van der Waals surface area contributed by atoms with Crippen LogP contribution < -0.4 is 0 Å². The third-order valence-corrected chi connectivity index (χ3v) is 10.6. The molecule has 0 unspecified atom stereocenters. The van der Waals surface area contributed by atoms with Crippen LogP contribution in [-0.4, -0.2) is 0 Å². The van der Waals surface area contributed by atoms with Crippen LogP contribution in [0.5, 0.6) is 0 Å². The zero-order valence-corrected chi connectivity index (χ0v) is 28.6. The molecule has 0 fully saturated rings. The molecule has 0 N–H and O–H groups in total. The predicted octanol–water partition coefficient (Wildman–Crippen LogP) is 14.6. The Bertz CT molecular complexity index is 2880. The molecule has 10 aromatic carbocycles. The summed E-state index contributed by atoms with van der Waals surface area (Å²) in [6.07, 6.45) is 0. The highest BCUT2D eigenvalue weighted by Crippen LogP contribution is 2.45. The van der Waals surface area contributed by atoms with Crippen LogP contribution in [0.25, 0.3) is 98.7 Å². The van der Waals surface area contributed by atoms with Gasteiger partial charge in [0.25, 0.3) is 0 Å². The number of hydrogen-bond acceptors (Lipinski definition) is 0. The first-order chi connectivity index (χ1) is 25.8. The van der Waals surface area contributed by atoms with E-state index in [-0.39, 0.29) is 0 Å². The molecular weight excluding hydrogens is 625 g/mol. The van der Waals surface area contributed by atoms with Gasteiger partial charge >= 0.3 is 0 Å². The summed E-state index contributed by atoms with van der Waals surface area (Å²) in [6, 6.07) is 75.5. The highest BCUT2D eigenvalue weighted by molar-refractivity contribution is 6.22. The maximum absolute atomic E-state index is 2.37. The molecule has 0 bridgehead atoms. The maximum Gasteiger partial charge on any atom is -0.00262 e. The Morgan fingerprint density at radius 3 is 0.904 bits per heavy atom. The Morgan fingerprint density at radius 1 is 0.173 bits per heavy atom. The van der Waals surface area contributed by atoms with Gasteiger partial charge in [0.15, 0.2) is 0 Å². The van der Waals surface area contributed by atoms with Gasteiger partial charge in [-0.2, -0.15) is 0 Å². The summed E-state index contributed by atoms with van der Waals surface area (Å²) in [4.78, 5) is 0. The smallest absolute Gasteiger partial charge is 0.00262 e. The highest BCUT2D eigenvalue weighted by atomic mass is 14.2. The molecule has 0 heterocycles. The number of benzene rings is 10. The minimum absolute atomic E-state index is 1.22. The zero-order chi connectivity index (χ0) is 34.4. The fourth-order valence-corrected chi connectivity index (χ4v) is 8.05. The molecule has 10 aromatic rings. The number of rotatable bonds is 5. The van der Waals surface area contributed by atoms with Crippen molar-refractivity contribution < 1.29 is 0 Å². The molecule has 0 aromatic heterocycles. The molecule has 0 aliphatic rings. The minimum atomic E-state index is 1.22. The zero-order valence-electron chi connectivity index (χ0n) is 28.6. The van der Waals surface area contributed by atoms with Crippen LogP contribution >= 0.6 is 0 Å². The molecule has 0 spiro atoms. The van der Waals surface area contributed by atoms with Crippen LogP contribution in [0.2, 0.25) is 0 Å². The molecule has 0 radical (unpaired) electrons. The molecule has 0 saturated heterocycles. The summed E-state index contributed by atoms with van der Waals surface area (Å²) in [7, 11) is 0. The van der Waals surface area contributed by atoms with Gasteiger partial charge in [-0.25, -0.2) is 0 Å². The van der Waals surface area contributed by atoms with Crippen molar-refractivity contribution in [3.63, 3.8) is 0 Å². The predicted molar refractivity (Wildman–Crippen MR) is 224 cm³/mol. The summed E-state index contributed by atoms with van der Waals surface area (Å²) in [5.74, 6) is 0. The van der Waals surface area contributed by atoms with Crippen LogP contribution in [0.15, 0.2) is 206 Å². The first-order valence-corrected chi connectivity index (χ1v) is 18.0. The van der Waals surface area contributed by atoms with Gasteiger partial charge in [-0.15, -0.1) is 0 Å². The van der Waals surface area contributed by atoms with Gasteiger partial charge in [0.1, 0.15) is 0 Å². The minimum Gasteiger partial charge on any atom is -0.0622 e. The normalized spacial score (nSPS) is 11.5. The Balaban J connectivity index is 1.09. The first-order valence-electron chi connectivity index (χ1n) is 18.0. The van der Waals surface area contributed by atoms with Gasteiger partial charge in [0.2, 0.25) is 0 Å². The molecule has 242 valence electrons. The lowest BCUT2D eigenvalue weighted by atomic mass is 9.85. The van der Waals surface area contributed by atoms with E-state index in [2.05, 4.69) is 206 Å². The van der Waals surface area contributed by atoms with E-state index in [1.54, 1.807) is 0 Å². The lowest BCUT2D eigenvalue weighted by Gasteiger charge is -2.18. The van der Waals surface area contributed by atoms with Crippen molar-refractivity contribution >= 4 is 43.1 Å². The van der Waals surface area contributed by atoms with E-state index in [4.69, 9.17) is 0 Å². The SMILES string of the molecule is c1ccc(-c2ccc3cc(-c4cccc(-c5c6ccccc6c(-c6ccc7cc(-c8ccccc8)ccc7c6)c6ccccc56)c4)ccc3c2)cc1. The average Bonchev–Trinajstić information content (AvgIpc) is 3.22. The van der Waals surface area contributed by atoms with Crippen LogP contribution in [0.3, 0.4) is 0 Å². The second-order valence-corrected chi connectivity index (χ2v) is 13.7. The van der Waals surface area contributed by atoms with E-state index < -0.39 is 0 Å². The fraction of sp³-hybridized carbons (Fsp3) is 0. The summed E-state index contributed by atoms with van der Waals surface area (Å²) in [6.45, 7) is 0. The number of hydrogen-bond donors (Lipinski definition) is 0. The molecule has 0 aliphatic carbocycles. The Hall–Kier alpha value is -6.76. The van der Waals surface area contributed by atoms with E-state index >= 15 is 0 Å². The van der Waals surface area contributed by atoms with E-state index in [1.807, 2.05) is 0 Å². The van der Waals surface area contributed by atoms with Crippen molar-refractivity contribution in [2.45, 2.75) is 0 Å². The Morgan fingerprint density at radius 2 is 0.462 bits per heavy atom. The van der Waals surface area contributed by atoms with Crippen molar-refractivity contribution in [2.75, 3.05) is 0 Å². The summed E-state index contributed by atoms with van der Waals surface area (Å²) in [5.41, 5.74) is 12.4. The number of fused-ring (bicyclic) bond motifs is 4. The van der Waals surface area contributed by atoms with Crippen LogP contribution in [0.1, 0.15) is 0 Å². The van der Waals surface area contributed by atoms with Crippen molar-refractivity contribution in [3.05, 3.63) is 206 Å². The van der Waals surface area contributed by atoms with Gasteiger partial charge in [0.05, 0.1) is 0 Å². The average molecular weight is 659 g/mol. The molecule has 10 rings (SSSR count). The molecular formula is C52H34. The molecule has 52 heavy (non-hydrogen) atoms. The lowest BCUT2D eigenvalue weighted by molar-refractivity contribution is 1.62. The van der Waals surface area contributed by atoms with Crippen LogP contribution in [0.4, 0.5) is 0 Å². The van der Waals surface area contributed by atoms with Gasteiger partial charge in [-0.1, -0.05) is 176 Å². The molecule has 0 amide bonds. The van der Waals surface area contributed by atoms with Crippen LogP contribution in [-0.2, 0) is 0 Å². The van der Waals surface area contributed by atoms with Crippen LogP contribution in [0, 0.1) is 0 Å². The highest BCUT2D eigenvalue weighted by Gasteiger charge is 2.17. The van der Waals surface area contributed by atoms with Crippen molar-refractivity contribution in [1.29, 1.82) is 0 Å². The molecule has 0 nitrogen and oxygen atoms in total.